The summed E-state index contributed by atoms with van der Waals surface area (Å²) in [6, 6.07) is 4.00. The fraction of sp³-hybridized carbons (Fsp3) is 0.360. The zero-order chi connectivity index (χ0) is 26.0. The highest BCUT2D eigenvalue weighted by atomic mass is 19.1. The molecule has 0 saturated heterocycles. The number of nitrogens with one attached hydrogen (secondary N) is 1. The Morgan fingerprint density at radius 2 is 1.86 bits per heavy atom. The van der Waals surface area contributed by atoms with Crippen LogP contribution in [0.2, 0.25) is 0 Å². The Kier molecular flexibility index (Phi) is 8.24. The van der Waals surface area contributed by atoms with Gasteiger partial charge in [-0.15, -0.1) is 0 Å². The van der Waals surface area contributed by atoms with Gasteiger partial charge in [0.2, 0.25) is 0 Å². The van der Waals surface area contributed by atoms with Crippen molar-refractivity contribution < 1.29 is 13.9 Å². The van der Waals surface area contributed by atoms with Crippen LogP contribution < -0.4 is 21.9 Å². The Balaban J connectivity index is 0.000000815. The van der Waals surface area contributed by atoms with Crippen molar-refractivity contribution in [3.8, 4) is 5.69 Å². The summed E-state index contributed by atoms with van der Waals surface area (Å²) in [6.07, 6.45) is 2.44. The second-order valence-corrected chi connectivity index (χ2v) is 7.87. The van der Waals surface area contributed by atoms with Gasteiger partial charge in [-0.3, -0.25) is 9.89 Å². The fourth-order valence-corrected chi connectivity index (χ4v) is 4.64. The molecule has 0 aliphatic carbocycles. The van der Waals surface area contributed by atoms with Crippen LogP contribution in [-0.4, -0.2) is 58.7 Å². The number of halogens is 1. The lowest BCUT2D eigenvalue weighted by atomic mass is 9.51. The largest absolute Gasteiger partial charge is 0.469 e. The molecule has 35 heavy (non-hydrogen) atoms. The molecular formula is C25H27B4FN3O2. The molecule has 1 unspecified atom stereocenters. The highest BCUT2D eigenvalue weighted by Gasteiger charge is 2.32. The summed E-state index contributed by atoms with van der Waals surface area (Å²) in [5.41, 5.74) is 4.70. The van der Waals surface area contributed by atoms with E-state index >= 15 is 0 Å². The first-order valence-electron chi connectivity index (χ1n) is 11.9. The zero-order valence-electron chi connectivity index (χ0n) is 21.1. The third-order valence-corrected chi connectivity index (χ3v) is 6.11. The third-order valence-electron chi connectivity index (χ3n) is 6.11. The molecule has 0 amide bonds. The summed E-state index contributed by atoms with van der Waals surface area (Å²) in [7, 11) is 21.6. The Morgan fingerprint density at radius 1 is 1.17 bits per heavy atom. The lowest BCUT2D eigenvalue weighted by molar-refractivity contribution is -0.140. The summed E-state index contributed by atoms with van der Waals surface area (Å²) in [5.74, 6) is -1.10. The van der Waals surface area contributed by atoms with E-state index in [0.717, 1.165) is 33.1 Å². The number of aromatic nitrogens is 3. The summed E-state index contributed by atoms with van der Waals surface area (Å²) >= 11 is 0. The van der Waals surface area contributed by atoms with E-state index in [0.29, 0.717) is 17.6 Å². The Morgan fingerprint density at radius 3 is 2.51 bits per heavy atom. The summed E-state index contributed by atoms with van der Waals surface area (Å²) in [5, 5.41) is 8.97. The summed E-state index contributed by atoms with van der Waals surface area (Å²) in [6.45, 7) is 10.0. The highest BCUT2D eigenvalue weighted by molar-refractivity contribution is 6.67. The molecule has 2 aromatic carbocycles. The van der Waals surface area contributed by atoms with Gasteiger partial charge in [-0.1, -0.05) is 56.5 Å². The van der Waals surface area contributed by atoms with Crippen molar-refractivity contribution in [1.82, 2.24) is 14.8 Å². The molecule has 1 N–H and O–H groups in total. The van der Waals surface area contributed by atoms with Crippen LogP contribution in [0.4, 0.5) is 4.39 Å². The van der Waals surface area contributed by atoms with Gasteiger partial charge in [-0.2, -0.15) is 5.10 Å². The first-order chi connectivity index (χ1) is 16.8. The number of nitrogens with zero attached hydrogens (tertiary/aromatic N) is 2. The van der Waals surface area contributed by atoms with Gasteiger partial charge < -0.3 is 9.30 Å². The molecule has 5 nitrogen and oxygen atoms in total. The van der Waals surface area contributed by atoms with E-state index in [1.165, 1.54) is 7.11 Å². The molecule has 0 fully saturated rings. The van der Waals surface area contributed by atoms with E-state index in [1.807, 2.05) is 58.6 Å². The first-order valence-corrected chi connectivity index (χ1v) is 11.9. The molecule has 173 valence electrons. The number of rotatable bonds is 3. The molecule has 10 heteroatoms. The van der Waals surface area contributed by atoms with E-state index in [9.17, 15) is 9.18 Å². The van der Waals surface area contributed by atoms with Crippen molar-refractivity contribution in [2.75, 3.05) is 7.11 Å². The van der Waals surface area contributed by atoms with Crippen molar-refractivity contribution in [3.63, 3.8) is 0 Å². The minimum absolute atomic E-state index is 0.0263. The van der Waals surface area contributed by atoms with Crippen molar-refractivity contribution in [2.24, 2.45) is 0 Å². The maximum absolute atomic E-state index is 14.6. The van der Waals surface area contributed by atoms with E-state index in [1.54, 1.807) is 6.20 Å². The molecule has 1 atom stereocenters. The number of esters is 1. The Labute approximate surface area is 210 Å². The number of carbonyl (C=O) groups is 1. The molecule has 1 aliphatic rings. The van der Waals surface area contributed by atoms with Gasteiger partial charge >= 0.3 is 5.97 Å². The van der Waals surface area contributed by atoms with Gasteiger partial charge in [-0.05, 0) is 29.9 Å². The maximum Gasteiger partial charge on any atom is 0.305 e. The number of aromatic amines is 1. The van der Waals surface area contributed by atoms with Crippen molar-refractivity contribution in [3.05, 3.63) is 35.4 Å². The second kappa shape index (κ2) is 10.8. The number of fused-ring (bicyclic) bond motifs is 6. The number of methoxy groups -OCH3 is 1. The number of H-pyrrole nitrogens is 1. The smallest absolute Gasteiger partial charge is 0.305 e. The molecule has 0 saturated carbocycles. The lowest BCUT2D eigenvalue weighted by Gasteiger charge is -2.31. The van der Waals surface area contributed by atoms with Crippen LogP contribution in [-0.2, 0) is 16.0 Å². The van der Waals surface area contributed by atoms with Gasteiger partial charge in [0, 0.05) is 28.6 Å². The van der Waals surface area contributed by atoms with E-state index < -0.39 is 5.82 Å². The average molecular weight is 464 g/mol. The minimum atomic E-state index is -0.706. The van der Waals surface area contributed by atoms with Gasteiger partial charge in [0.15, 0.2) is 7.28 Å². The lowest BCUT2D eigenvalue weighted by Crippen LogP contribution is -2.52. The normalized spacial score (nSPS) is 13.6. The number of hydrogen-bond donors (Lipinski definition) is 1. The summed E-state index contributed by atoms with van der Waals surface area (Å²) < 4.78 is 21.4. The van der Waals surface area contributed by atoms with Crippen molar-refractivity contribution in [1.29, 1.82) is 0 Å². The Hall–Kier alpha value is -2.89. The van der Waals surface area contributed by atoms with Gasteiger partial charge in [0.05, 0.1) is 24.3 Å². The molecule has 5 rings (SSSR count). The van der Waals surface area contributed by atoms with Gasteiger partial charge in [0.25, 0.3) is 0 Å². The van der Waals surface area contributed by atoms with E-state index in [-0.39, 0.29) is 34.6 Å². The van der Waals surface area contributed by atoms with Crippen LogP contribution >= 0.6 is 0 Å². The third kappa shape index (κ3) is 4.32. The SMILES string of the molecule is CC.CC.[B]c1c([B])c2c(c([B])c1F)[B]C(C)c1c(CCC(=O)OC)c3cc4[nH]ncc4cc3n1-2. The fourth-order valence-electron chi connectivity index (χ4n) is 4.64. The number of carbonyl (C=O) groups excluding carboxylic acids is 1. The summed E-state index contributed by atoms with van der Waals surface area (Å²) in [4.78, 5) is 11.9. The number of aryl methyl sites for hydroxylation is 1. The average Bonchev–Trinajstić information content (AvgIpc) is 3.48. The quantitative estimate of drug-likeness (QED) is 0.371. The molecule has 7 radical (unpaired) electrons. The molecule has 4 aromatic rings. The van der Waals surface area contributed by atoms with Crippen LogP contribution in [0.5, 0.6) is 0 Å². The molecule has 0 bridgehead atoms. The topological polar surface area (TPSA) is 59.9 Å². The van der Waals surface area contributed by atoms with Crippen LogP contribution in [0.3, 0.4) is 0 Å². The predicted molar refractivity (Wildman–Crippen MR) is 146 cm³/mol. The highest BCUT2D eigenvalue weighted by Crippen LogP contribution is 2.37. The molecule has 1 aliphatic heterocycles. The van der Waals surface area contributed by atoms with Crippen LogP contribution in [0.1, 0.15) is 58.1 Å². The number of benzene rings is 2. The zero-order valence-corrected chi connectivity index (χ0v) is 21.1. The maximum atomic E-state index is 14.6. The Bertz CT molecular complexity index is 1400. The minimum Gasteiger partial charge on any atom is -0.469 e. The van der Waals surface area contributed by atoms with Gasteiger partial charge in [-0.25, -0.2) is 4.39 Å². The molecule has 2 aromatic heterocycles. The number of hydrogen-bond acceptors (Lipinski definition) is 3. The van der Waals surface area contributed by atoms with Crippen molar-refractivity contribution in [2.45, 2.75) is 53.3 Å². The number of ether oxygens (including phenoxy) is 1. The molecular weight excluding hydrogens is 437 g/mol. The van der Waals surface area contributed by atoms with Gasteiger partial charge in [0.1, 0.15) is 29.4 Å². The van der Waals surface area contributed by atoms with Crippen LogP contribution in [0.15, 0.2) is 18.3 Å². The van der Waals surface area contributed by atoms with E-state index in [4.69, 9.17) is 28.3 Å². The second-order valence-electron chi connectivity index (χ2n) is 7.87. The van der Waals surface area contributed by atoms with Crippen LogP contribution in [0, 0.1) is 5.82 Å². The van der Waals surface area contributed by atoms with Crippen molar-refractivity contribution >= 4 is 80.4 Å². The standard InChI is InChI=1S/C21H15B4FN3O2.2C2H6/c1-8-20-10(3-4-14(30)31-2)11-6-12-9(7-27-28-12)5-13(11)29(20)21-16(23)15(22)19(26)17(24)18(21)25-8;2*1-2/h5-8H,3-4H2,1-2H3,(H,27,28);2*1-2H3. The van der Waals surface area contributed by atoms with E-state index in [2.05, 4.69) is 10.2 Å². The predicted octanol–water partition coefficient (Wildman–Crippen LogP) is 1.59. The molecule has 0 spiro atoms. The first kappa shape index (κ1) is 26.7. The monoisotopic (exact) mass is 464 g/mol. The van der Waals surface area contributed by atoms with Crippen LogP contribution in [0.25, 0.3) is 27.5 Å². The molecule has 3 heterocycles.